The number of carbonyl (C=O) groups is 2. The van der Waals surface area contributed by atoms with Gasteiger partial charge in [0.25, 0.3) is 0 Å². The van der Waals surface area contributed by atoms with Gasteiger partial charge in [-0.05, 0) is 67.7 Å². The molecular weight excluding hydrogens is 490 g/mol. The van der Waals surface area contributed by atoms with E-state index in [1.807, 2.05) is 55.5 Å². The maximum absolute atomic E-state index is 13.7. The van der Waals surface area contributed by atoms with Gasteiger partial charge in [0, 0.05) is 29.3 Å². The van der Waals surface area contributed by atoms with E-state index in [1.165, 1.54) is 6.42 Å². The van der Waals surface area contributed by atoms with Crippen LogP contribution < -0.4 is 14.8 Å². The smallest absolute Gasteiger partial charge is 0.337 e. The van der Waals surface area contributed by atoms with Crippen molar-refractivity contribution in [3.63, 3.8) is 0 Å². The van der Waals surface area contributed by atoms with E-state index in [1.54, 1.807) is 7.11 Å². The third-order valence-electron chi connectivity index (χ3n) is 8.04. The molecule has 0 unspecified atom stereocenters. The van der Waals surface area contributed by atoms with Crippen molar-refractivity contribution in [2.45, 2.75) is 84.3 Å². The van der Waals surface area contributed by atoms with E-state index < -0.39 is 5.92 Å². The lowest BCUT2D eigenvalue weighted by molar-refractivity contribution is -0.146. The first-order valence-corrected chi connectivity index (χ1v) is 14.1. The van der Waals surface area contributed by atoms with Crippen LogP contribution in [0.5, 0.6) is 11.5 Å². The molecule has 206 valence electrons. The summed E-state index contributed by atoms with van der Waals surface area (Å²) in [5, 5.41) is 3.43. The highest BCUT2D eigenvalue weighted by atomic mass is 16.5. The van der Waals surface area contributed by atoms with Crippen LogP contribution in [0.25, 0.3) is 0 Å². The quantitative estimate of drug-likeness (QED) is 0.400. The van der Waals surface area contributed by atoms with Crippen LogP contribution in [-0.4, -0.2) is 25.0 Å². The van der Waals surface area contributed by atoms with Crippen molar-refractivity contribution in [3.05, 3.63) is 82.2 Å². The number of esters is 1. The zero-order valence-corrected chi connectivity index (χ0v) is 23.5. The third kappa shape index (κ3) is 5.90. The van der Waals surface area contributed by atoms with E-state index in [2.05, 4.69) is 19.2 Å². The number of allylic oxidation sites excluding steroid dienone is 3. The van der Waals surface area contributed by atoms with Gasteiger partial charge < -0.3 is 19.5 Å². The van der Waals surface area contributed by atoms with Crippen LogP contribution in [-0.2, 0) is 20.9 Å². The van der Waals surface area contributed by atoms with Gasteiger partial charge in [-0.2, -0.15) is 0 Å². The molecule has 0 aromatic heterocycles. The molecule has 0 bridgehead atoms. The molecule has 1 N–H and O–H groups in total. The number of dihydropyridines is 1. The number of ketones is 1. The van der Waals surface area contributed by atoms with E-state index >= 15 is 0 Å². The number of carbonyl (C=O) groups excluding carboxylic acids is 2. The Bertz CT molecular complexity index is 1300. The molecular formula is C33H39NO5. The van der Waals surface area contributed by atoms with E-state index in [-0.39, 0.29) is 23.3 Å². The fourth-order valence-electron chi connectivity index (χ4n) is 6.16. The van der Waals surface area contributed by atoms with Crippen molar-refractivity contribution in [1.82, 2.24) is 5.32 Å². The Morgan fingerprint density at radius 3 is 2.46 bits per heavy atom. The number of Topliss-reactive ketones (excluding diaryl/α,β-unsaturated/α-hetero) is 1. The first-order valence-electron chi connectivity index (χ1n) is 14.1. The lowest BCUT2D eigenvalue weighted by Gasteiger charge is -2.39. The highest BCUT2D eigenvalue weighted by molar-refractivity contribution is 6.04. The van der Waals surface area contributed by atoms with Gasteiger partial charge in [-0.25, -0.2) is 4.79 Å². The van der Waals surface area contributed by atoms with Crippen LogP contribution in [0.15, 0.2) is 71.1 Å². The van der Waals surface area contributed by atoms with E-state index in [9.17, 15) is 9.59 Å². The summed E-state index contributed by atoms with van der Waals surface area (Å²) in [5.74, 6) is 0.363. The number of hydrogen-bond acceptors (Lipinski definition) is 6. The number of rotatable bonds is 7. The molecule has 2 aliphatic carbocycles. The molecule has 5 rings (SSSR count). The topological polar surface area (TPSA) is 73.9 Å². The van der Waals surface area contributed by atoms with Crippen LogP contribution in [0.3, 0.4) is 0 Å². The lowest BCUT2D eigenvalue weighted by atomic mass is 9.68. The summed E-state index contributed by atoms with van der Waals surface area (Å²) in [6.07, 6.45) is 6.19. The minimum absolute atomic E-state index is 0.0672. The fourth-order valence-corrected chi connectivity index (χ4v) is 6.16. The zero-order valence-electron chi connectivity index (χ0n) is 23.5. The largest absolute Gasteiger partial charge is 0.493 e. The molecule has 39 heavy (non-hydrogen) atoms. The van der Waals surface area contributed by atoms with Crippen LogP contribution >= 0.6 is 0 Å². The predicted octanol–water partition coefficient (Wildman–Crippen LogP) is 6.75. The molecule has 1 fully saturated rings. The SMILES string of the molecule is COc1cc([C@@H]2C(C(=O)OC3CCCCC3)=C(C)NC3=C2C(=O)CC(C)(C)C3)ccc1OCc1ccccc1. The van der Waals surface area contributed by atoms with Crippen molar-refractivity contribution in [2.24, 2.45) is 5.41 Å². The summed E-state index contributed by atoms with van der Waals surface area (Å²) < 4.78 is 17.9. The normalized spacial score (nSPS) is 21.2. The molecule has 0 saturated heterocycles. The summed E-state index contributed by atoms with van der Waals surface area (Å²) in [5.41, 5.74) is 4.53. The Morgan fingerprint density at radius 1 is 1.00 bits per heavy atom. The van der Waals surface area contributed by atoms with Gasteiger partial charge in [-0.3, -0.25) is 4.79 Å². The molecule has 3 aliphatic rings. The van der Waals surface area contributed by atoms with E-state index in [4.69, 9.17) is 14.2 Å². The van der Waals surface area contributed by atoms with Crippen LogP contribution in [0.1, 0.15) is 82.8 Å². The van der Waals surface area contributed by atoms with Gasteiger partial charge in [-0.1, -0.05) is 56.7 Å². The summed E-state index contributed by atoms with van der Waals surface area (Å²) in [7, 11) is 1.61. The van der Waals surface area contributed by atoms with Crippen LogP contribution in [0, 0.1) is 5.41 Å². The molecule has 1 atom stereocenters. The Morgan fingerprint density at radius 2 is 1.74 bits per heavy atom. The summed E-state index contributed by atoms with van der Waals surface area (Å²) in [6.45, 7) is 6.54. The van der Waals surface area contributed by atoms with Gasteiger partial charge in [0.15, 0.2) is 17.3 Å². The number of nitrogens with one attached hydrogen (secondary N) is 1. The molecule has 2 aromatic carbocycles. The molecule has 2 aromatic rings. The van der Waals surface area contributed by atoms with Gasteiger partial charge in [0.2, 0.25) is 0 Å². The van der Waals surface area contributed by atoms with Crippen molar-refractivity contribution < 1.29 is 23.8 Å². The van der Waals surface area contributed by atoms with Crippen molar-refractivity contribution >= 4 is 11.8 Å². The lowest BCUT2D eigenvalue weighted by Crippen LogP contribution is -2.39. The highest BCUT2D eigenvalue weighted by Gasteiger charge is 2.43. The van der Waals surface area contributed by atoms with E-state index in [0.29, 0.717) is 35.7 Å². The average Bonchev–Trinajstić information content (AvgIpc) is 2.91. The van der Waals surface area contributed by atoms with Crippen molar-refractivity contribution in [2.75, 3.05) is 7.11 Å². The standard InChI is InChI=1S/C33H39NO5/c1-21-29(32(36)39-24-13-9-6-10-14-24)30(31-25(34-21)18-33(2,3)19-26(31)35)23-15-16-27(28(17-23)37-4)38-20-22-11-7-5-8-12-22/h5,7-8,11-12,15-17,24,30,34H,6,9-10,13-14,18-20H2,1-4H3/t30-/m1/s1. The number of methoxy groups -OCH3 is 1. The Kier molecular flexibility index (Phi) is 7.83. The van der Waals surface area contributed by atoms with Crippen molar-refractivity contribution in [1.29, 1.82) is 0 Å². The van der Waals surface area contributed by atoms with Gasteiger partial charge >= 0.3 is 5.97 Å². The molecule has 0 spiro atoms. The molecule has 6 heteroatoms. The highest BCUT2D eigenvalue weighted by Crippen LogP contribution is 2.48. The maximum atomic E-state index is 13.7. The second-order valence-corrected chi connectivity index (χ2v) is 11.8. The average molecular weight is 530 g/mol. The summed E-state index contributed by atoms with van der Waals surface area (Å²) >= 11 is 0. The van der Waals surface area contributed by atoms with Crippen molar-refractivity contribution in [3.8, 4) is 11.5 Å². The first-order chi connectivity index (χ1) is 18.8. The van der Waals surface area contributed by atoms with Gasteiger partial charge in [0.1, 0.15) is 12.7 Å². The summed E-state index contributed by atoms with van der Waals surface area (Å²) in [4.78, 5) is 27.4. The maximum Gasteiger partial charge on any atom is 0.337 e. The Hall–Kier alpha value is -3.54. The zero-order chi connectivity index (χ0) is 27.6. The molecule has 1 aliphatic heterocycles. The van der Waals surface area contributed by atoms with Crippen LogP contribution in [0.2, 0.25) is 0 Å². The number of hydrogen-bond donors (Lipinski definition) is 1. The minimum atomic E-state index is -0.530. The second kappa shape index (κ2) is 11.3. The molecule has 1 saturated carbocycles. The Balaban J connectivity index is 1.51. The van der Waals surface area contributed by atoms with Crippen LogP contribution in [0.4, 0.5) is 0 Å². The predicted molar refractivity (Wildman–Crippen MR) is 150 cm³/mol. The number of benzene rings is 2. The fraction of sp³-hybridized carbons (Fsp3) is 0.455. The Labute approximate surface area is 231 Å². The minimum Gasteiger partial charge on any atom is -0.493 e. The first kappa shape index (κ1) is 27.0. The molecule has 1 heterocycles. The molecule has 0 amide bonds. The monoisotopic (exact) mass is 529 g/mol. The molecule has 0 radical (unpaired) electrons. The third-order valence-corrected chi connectivity index (χ3v) is 8.04. The van der Waals surface area contributed by atoms with Gasteiger partial charge in [0.05, 0.1) is 12.7 Å². The van der Waals surface area contributed by atoms with Gasteiger partial charge in [-0.15, -0.1) is 0 Å². The number of ether oxygens (including phenoxy) is 3. The van der Waals surface area contributed by atoms with E-state index in [0.717, 1.165) is 54.6 Å². The second-order valence-electron chi connectivity index (χ2n) is 11.8. The molecule has 6 nitrogen and oxygen atoms in total. The summed E-state index contributed by atoms with van der Waals surface area (Å²) in [6, 6.07) is 15.7.